The third kappa shape index (κ3) is 1.83. The summed E-state index contributed by atoms with van der Waals surface area (Å²) in [5.74, 6) is -1.11. The molecule has 0 bridgehead atoms. The second-order valence-electron chi connectivity index (χ2n) is 3.66. The van der Waals surface area contributed by atoms with Gasteiger partial charge in [0.05, 0.1) is 0 Å². The van der Waals surface area contributed by atoms with E-state index in [1.54, 1.807) is 18.2 Å². The summed E-state index contributed by atoms with van der Waals surface area (Å²) < 4.78 is 26.3. The zero-order valence-corrected chi connectivity index (χ0v) is 8.30. The second-order valence-corrected chi connectivity index (χ2v) is 3.66. The largest absolute Gasteiger partial charge is 0.324 e. The monoisotopic (exact) mass is 207 g/mol. The lowest BCUT2D eigenvalue weighted by Gasteiger charge is -2.07. The minimum Gasteiger partial charge on any atom is -0.324 e. The molecule has 15 heavy (non-hydrogen) atoms. The van der Waals surface area contributed by atoms with E-state index in [-0.39, 0.29) is 6.04 Å². The van der Waals surface area contributed by atoms with Gasteiger partial charge in [0.15, 0.2) is 0 Å². The Bertz CT molecular complexity index is 506. The van der Waals surface area contributed by atoms with Gasteiger partial charge in [-0.2, -0.15) is 0 Å². The minimum atomic E-state index is -0.562. The molecule has 0 aliphatic carbocycles. The number of benzene rings is 2. The van der Waals surface area contributed by atoms with Crippen LogP contribution < -0.4 is 5.73 Å². The maximum atomic E-state index is 13.4. The van der Waals surface area contributed by atoms with Gasteiger partial charge in [0.1, 0.15) is 11.6 Å². The van der Waals surface area contributed by atoms with E-state index in [0.717, 1.165) is 11.6 Å². The summed E-state index contributed by atoms with van der Waals surface area (Å²) in [6.45, 7) is 1.82. The van der Waals surface area contributed by atoms with E-state index >= 15 is 0 Å². The van der Waals surface area contributed by atoms with Crippen molar-refractivity contribution in [3.8, 4) is 0 Å². The molecule has 2 aromatic rings. The summed E-state index contributed by atoms with van der Waals surface area (Å²) in [6.07, 6.45) is 0. The molecule has 0 amide bonds. The molecule has 0 aliphatic heterocycles. The summed E-state index contributed by atoms with van der Waals surface area (Å²) in [7, 11) is 0. The number of rotatable bonds is 1. The van der Waals surface area contributed by atoms with Crippen LogP contribution in [0, 0.1) is 11.6 Å². The predicted molar refractivity (Wildman–Crippen MR) is 56.5 cm³/mol. The predicted octanol–water partition coefficient (Wildman–Crippen LogP) is 3.14. The molecule has 0 radical (unpaired) electrons. The Morgan fingerprint density at radius 3 is 2.53 bits per heavy atom. The quantitative estimate of drug-likeness (QED) is 0.763. The molecule has 0 aromatic heterocycles. The lowest BCUT2D eigenvalue weighted by molar-refractivity contribution is 0.592. The Morgan fingerprint density at radius 2 is 1.87 bits per heavy atom. The number of nitrogens with two attached hydrogens (primary N) is 1. The van der Waals surface area contributed by atoms with Crippen molar-refractivity contribution in [2.24, 2.45) is 5.73 Å². The molecular formula is C12H11F2N. The van der Waals surface area contributed by atoms with E-state index in [4.69, 9.17) is 5.73 Å². The van der Waals surface area contributed by atoms with Gasteiger partial charge in [-0.15, -0.1) is 0 Å². The molecule has 78 valence electrons. The molecule has 3 heteroatoms. The first-order valence-corrected chi connectivity index (χ1v) is 4.72. The van der Waals surface area contributed by atoms with E-state index in [2.05, 4.69) is 0 Å². The fourth-order valence-electron chi connectivity index (χ4n) is 1.58. The molecule has 0 fully saturated rings. The summed E-state index contributed by atoms with van der Waals surface area (Å²) in [6, 6.07) is 7.16. The summed E-state index contributed by atoms with van der Waals surface area (Å²) >= 11 is 0. The number of hydrogen-bond acceptors (Lipinski definition) is 1. The Kier molecular flexibility index (Phi) is 2.40. The van der Waals surface area contributed by atoms with Crippen LogP contribution in [0.4, 0.5) is 8.78 Å². The van der Waals surface area contributed by atoms with Crippen LogP contribution in [0.3, 0.4) is 0 Å². The Morgan fingerprint density at radius 1 is 1.13 bits per heavy atom. The highest BCUT2D eigenvalue weighted by Crippen LogP contribution is 2.23. The first-order chi connectivity index (χ1) is 7.08. The van der Waals surface area contributed by atoms with Crippen molar-refractivity contribution in [1.29, 1.82) is 0 Å². The smallest absolute Gasteiger partial charge is 0.133 e. The van der Waals surface area contributed by atoms with Gasteiger partial charge in [-0.05, 0) is 30.0 Å². The van der Waals surface area contributed by atoms with E-state index in [0.29, 0.717) is 10.8 Å². The molecule has 2 aromatic carbocycles. The van der Waals surface area contributed by atoms with Gasteiger partial charge < -0.3 is 5.73 Å². The normalized spacial score (nSPS) is 13.1. The number of halogens is 2. The molecule has 0 heterocycles. The summed E-state index contributed by atoms with van der Waals surface area (Å²) in [5, 5.41) is 0.961. The van der Waals surface area contributed by atoms with Gasteiger partial charge in [0.2, 0.25) is 0 Å². The van der Waals surface area contributed by atoms with Crippen molar-refractivity contribution < 1.29 is 8.78 Å². The number of hydrogen-bond donors (Lipinski definition) is 1. The van der Waals surface area contributed by atoms with Gasteiger partial charge in [-0.1, -0.05) is 12.1 Å². The van der Waals surface area contributed by atoms with Gasteiger partial charge >= 0.3 is 0 Å². The maximum Gasteiger partial charge on any atom is 0.133 e. The molecule has 0 spiro atoms. The molecule has 0 saturated heterocycles. The van der Waals surface area contributed by atoms with Gasteiger partial charge in [0.25, 0.3) is 0 Å². The van der Waals surface area contributed by atoms with Crippen molar-refractivity contribution in [2.75, 3.05) is 0 Å². The molecule has 0 aliphatic rings. The summed E-state index contributed by atoms with van der Waals surface area (Å²) in [5.41, 5.74) is 6.53. The van der Waals surface area contributed by atoms with Crippen molar-refractivity contribution in [3.63, 3.8) is 0 Å². The van der Waals surface area contributed by atoms with Crippen LogP contribution in [-0.2, 0) is 0 Å². The standard InChI is InChI=1S/C12H11F2N/c1-7(15)8-2-3-9-4-10(13)6-12(14)11(9)5-8/h2-7H,15H2,1H3. The first-order valence-electron chi connectivity index (χ1n) is 4.72. The van der Waals surface area contributed by atoms with E-state index in [1.165, 1.54) is 6.07 Å². The fraction of sp³-hybridized carbons (Fsp3) is 0.167. The van der Waals surface area contributed by atoms with Crippen LogP contribution >= 0.6 is 0 Å². The van der Waals surface area contributed by atoms with Crippen LogP contribution in [0.5, 0.6) is 0 Å². The summed E-state index contributed by atoms with van der Waals surface area (Å²) in [4.78, 5) is 0. The molecule has 1 unspecified atom stereocenters. The molecule has 1 atom stereocenters. The van der Waals surface area contributed by atoms with Crippen molar-refractivity contribution in [1.82, 2.24) is 0 Å². The van der Waals surface area contributed by atoms with E-state index in [9.17, 15) is 8.78 Å². The number of fused-ring (bicyclic) bond motifs is 1. The lowest BCUT2D eigenvalue weighted by atomic mass is 10.0. The Labute approximate surface area is 86.5 Å². The van der Waals surface area contributed by atoms with Crippen LogP contribution in [0.15, 0.2) is 30.3 Å². The second kappa shape index (κ2) is 3.59. The SMILES string of the molecule is CC(N)c1ccc2cc(F)cc(F)c2c1. The van der Waals surface area contributed by atoms with Gasteiger partial charge in [0, 0.05) is 17.5 Å². The van der Waals surface area contributed by atoms with E-state index < -0.39 is 11.6 Å². The van der Waals surface area contributed by atoms with Crippen molar-refractivity contribution >= 4 is 10.8 Å². The third-order valence-electron chi connectivity index (χ3n) is 2.42. The van der Waals surface area contributed by atoms with Crippen LogP contribution in [0.1, 0.15) is 18.5 Å². The molecule has 1 nitrogen and oxygen atoms in total. The van der Waals surface area contributed by atoms with Crippen molar-refractivity contribution in [3.05, 3.63) is 47.5 Å². The van der Waals surface area contributed by atoms with Crippen LogP contribution in [0.2, 0.25) is 0 Å². The van der Waals surface area contributed by atoms with Crippen LogP contribution in [0.25, 0.3) is 10.8 Å². The molecular weight excluding hydrogens is 196 g/mol. The molecule has 2 rings (SSSR count). The molecule has 0 saturated carbocycles. The van der Waals surface area contributed by atoms with E-state index in [1.807, 2.05) is 6.92 Å². The first kappa shape index (κ1) is 10.1. The highest BCUT2D eigenvalue weighted by Gasteiger charge is 2.06. The topological polar surface area (TPSA) is 26.0 Å². The third-order valence-corrected chi connectivity index (χ3v) is 2.42. The maximum absolute atomic E-state index is 13.4. The zero-order chi connectivity index (χ0) is 11.0. The lowest BCUT2D eigenvalue weighted by Crippen LogP contribution is -2.04. The average Bonchev–Trinajstić information content (AvgIpc) is 2.16. The minimum absolute atomic E-state index is 0.154. The van der Waals surface area contributed by atoms with Gasteiger partial charge in [-0.25, -0.2) is 8.78 Å². The Hall–Kier alpha value is -1.48. The van der Waals surface area contributed by atoms with Crippen molar-refractivity contribution in [2.45, 2.75) is 13.0 Å². The highest BCUT2D eigenvalue weighted by molar-refractivity contribution is 5.83. The fourth-order valence-corrected chi connectivity index (χ4v) is 1.58. The Balaban J connectivity index is 2.71. The van der Waals surface area contributed by atoms with Crippen LogP contribution in [-0.4, -0.2) is 0 Å². The zero-order valence-electron chi connectivity index (χ0n) is 8.30. The highest BCUT2D eigenvalue weighted by atomic mass is 19.1. The molecule has 2 N–H and O–H groups in total. The average molecular weight is 207 g/mol. The van der Waals surface area contributed by atoms with Gasteiger partial charge in [-0.3, -0.25) is 0 Å².